The summed E-state index contributed by atoms with van der Waals surface area (Å²) in [6, 6.07) is 10.9. The van der Waals surface area contributed by atoms with Crippen molar-refractivity contribution in [2.75, 3.05) is 12.4 Å². The van der Waals surface area contributed by atoms with E-state index < -0.39 is 31.7 Å². The third-order valence-electron chi connectivity index (χ3n) is 4.03. The molecular weight excluding hydrogens is 372 g/mol. The lowest BCUT2D eigenvalue weighted by atomic mass is 10.2. The van der Waals surface area contributed by atoms with Crippen molar-refractivity contribution in [3.63, 3.8) is 0 Å². The van der Waals surface area contributed by atoms with Crippen molar-refractivity contribution in [3.05, 3.63) is 63.7 Å². The summed E-state index contributed by atoms with van der Waals surface area (Å²) in [6.07, 6.45) is 0. The van der Waals surface area contributed by atoms with E-state index in [2.05, 4.69) is 5.32 Å². The first kappa shape index (κ1) is 20.4. The summed E-state index contributed by atoms with van der Waals surface area (Å²) >= 11 is 0. The van der Waals surface area contributed by atoms with Crippen LogP contribution < -0.4 is 10.1 Å². The second kappa shape index (κ2) is 8.17. The molecule has 9 heteroatoms. The van der Waals surface area contributed by atoms with E-state index in [0.29, 0.717) is 5.69 Å². The number of sulfone groups is 1. The van der Waals surface area contributed by atoms with Crippen molar-refractivity contribution in [1.82, 2.24) is 0 Å². The summed E-state index contributed by atoms with van der Waals surface area (Å²) in [5.74, 6) is -1.13. The lowest BCUT2D eigenvalue weighted by Gasteiger charge is -2.14. The predicted octanol–water partition coefficient (Wildman–Crippen LogP) is 2.85. The molecule has 0 aliphatic carbocycles. The molecule has 1 amide bonds. The lowest BCUT2D eigenvalue weighted by molar-refractivity contribution is -0.385. The van der Waals surface area contributed by atoms with Crippen molar-refractivity contribution in [2.24, 2.45) is 0 Å². The molecule has 0 saturated carbocycles. The van der Waals surface area contributed by atoms with E-state index in [9.17, 15) is 23.3 Å². The van der Waals surface area contributed by atoms with Crippen molar-refractivity contribution < 1.29 is 22.9 Å². The van der Waals surface area contributed by atoms with Crippen LogP contribution in [-0.4, -0.2) is 31.6 Å². The first-order valence-corrected chi connectivity index (χ1v) is 9.76. The second-order valence-corrected chi connectivity index (χ2v) is 8.39. The van der Waals surface area contributed by atoms with Gasteiger partial charge in [0.2, 0.25) is 5.91 Å². The monoisotopic (exact) mass is 392 g/mol. The van der Waals surface area contributed by atoms with Crippen molar-refractivity contribution in [3.8, 4) is 5.75 Å². The number of nitro benzene ring substituents is 1. The molecule has 0 heterocycles. The van der Waals surface area contributed by atoms with E-state index in [1.807, 2.05) is 6.92 Å². The maximum Gasteiger partial charge on any atom is 0.311 e. The average Bonchev–Trinajstić information content (AvgIpc) is 2.62. The molecule has 0 bridgehead atoms. The summed E-state index contributed by atoms with van der Waals surface area (Å²) in [6.45, 7) is 3.18. The molecule has 0 fully saturated rings. The second-order valence-electron chi connectivity index (χ2n) is 6.07. The van der Waals surface area contributed by atoms with Gasteiger partial charge in [0.25, 0.3) is 0 Å². The number of anilines is 1. The number of nitro groups is 1. The zero-order chi connectivity index (χ0) is 20.2. The molecule has 2 rings (SSSR count). The Bertz CT molecular complexity index is 954. The minimum Gasteiger partial charge on any atom is -0.490 e. The Balaban J connectivity index is 2.17. The summed E-state index contributed by atoms with van der Waals surface area (Å²) in [5, 5.41) is 12.3. The number of hydrogen-bond acceptors (Lipinski definition) is 6. The first-order valence-electron chi connectivity index (χ1n) is 8.04. The van der Waals surface area contributed by atoms with Crippen LogP contribution >= 0.6 is 0 Å². The van der Waals surface area contributed by atoms with Gasteiger partial charge in [-0.1, -0.05) is 23.8 Å². The molecule has 2 aromatic rings. The molecule has 27 heavy (non-hydrogen) atoms. The summed E-state index contributed by atoms with van der Waals surface area (Å²) in [4.78, 5) is 22.7. The first-order chi connectivity index (χ1) is 12.6. The Morgan fingerprint density at radius 1 is 1.22 bits per heavy atom. The third kappa shape index (κ3) is 5.04. The third-order valence-corrected chi connectivity index (χ3v) is 6.06. The molecule has 0 unspecified atom stereocenters. The number of nitrogens with one attached hydrogen (secondary N) is 1. The quantitative estimate of drug-likeness (QED) is 0.572. The number of benzene rings is 2. The SMILES string of the molecule is COc1ccc(CS(=O)(=O)[C@H](C)C(=O)Nc2ccc(C)cc2)cc1[N+](=O)[O-]. The highest BCUT2D eigenvalue weighted by Gasteiger charge is 2.29. The molecule has 0 saturated heterocycles. The van der Waals surface area contributed by atoms with Gasteiger partial charge < -0.3 is 10.1 Å². The molecule has 2 aromatic carbocycles. The zero-order valence-electron chi connectivity index (χ0n) is 15.1. The highest BCUT2D eigenvalue weighted by atomic mass is 32.2. The van der Waals surface area contributed by atoms with Gasteiger partial charge in [-0.05, 0) is 37.6 Å². The number of amides is 1. The highest BCUT2D eigenvalue weighted by molar-refractivity contribution is 7.92. The largest absolute Gasteiger partial charge is 0.490 e. The van der Waals surface area contributed by atoms with Gasteiger partial charge >= 0.3 is 5.69 Å². The van der Waals surface area contributed by atoms with E-state index in [1.54, 1.807) is 24.3 Å². The number of ether oxygens (including phenoxy) is 1. The van der Waals surface area contributed by atoms with Crippen molar-refractivity contribution in [1.29, 1.82) is 0 Å². The van der Waals surface area contributed by atoms with E-state index in [-0.39, 0.29) is 17.0 Å². The Morgan fingerprint density at radius 3 is 2.41 bits per heavy atom. The van der Waals surface area contributed by atoms with Crippen LogP contribution in [0.25, 0.3) is 0 Å². The van der Waals surface area contributed by atoms with E-state index >= 15 is 0 Å². The van der Waals surface area contributed by atoms with Crippen LogP contribution in [0.1, 0.15) is 18.1 Å². The zero-order valence-corrected chi connectivity index (χ0v) is 15.9. The van der Waals surface area contributed by atoms with Gasteiger partial charge in [-0.2, -0.15) is 0 Å². The van der Waals surface area contributed by atoms with Gasteiger partial charge in [0.1, 0.15) is 5.25 Å². The predicted molar refractivity (Wildman–Crippen MR) is 102 cm³/mol. The molecule has 1 N–H and O–H groups in total. The van der Waals surface area contributed by atoms with Crippen LogP contribution in [0.5, 0.6) is 5.75 Å². The maximum absolute atomic E-state index is 12.6. The fourth-order valence-electron chi connectivity index (χ4n) is 2.37. The van der Waals surface area contributed by atoms with Crippen LogP contribution in [-0.2, 0) is 20.4 Å². The Kier molecular flexibility index (Phi) is 6.17. The van der Waals surface area contributed by atoms with Gasteiger partial charge in [-0.25, -0.2) is 8.42 Å². The van der Waals surface area contributed by atoms with E-state index in [0.717, 1.165) is 11.6 Å². The number of hydrogen-bond donors (Lipinski definition) is 1. The van der Waals surface area contributed by atoms with Gasteiger partial charge in [-0.15, -0.1) is 0 Å². The number of rotatable bonds is 7. The number of methoxy groups -OCH3 is 1. The van der Waals surface area contributed by atoms with E-state index in [1.165, 1.54) is 26.2 Å². The highest BCUT2D eigenvalue weighted by Crippen LogP contribution is 2.28. The maximum atomic E-state index is 12.6. The minimum atomic E-state index is -3.88. The standard InChI is InChI=1S/C18H20N2O6S/c1-12-4-7-15(8-5-12)19-18(21)13(2)27(24,25)11-14-6-9-17(26-3)16(10-14)20(22)23/h4-10,13H,11H2,1-3H3,(H,19,21)/t13-/m1/s1. The summed E-state index contributed by atoms with van der Waals surface area (Å²) < 4.78 is 30.0. The van der Waals surface area contributed by atoms with Crippen LogP contribution in [0.15, 0.2) is 42.5 Å². The number of nitrogens with zero attached hydrogens (tertiary/aromatic N) is 1. The summed E-state index contributed by atoms with van der Waals surface area (Å²) in [7, 11) is -2.59. The molecular formula is C18H20N2O6S. The molecule has 144 valence electrons. The van der Waals surface area contributed by atoms with Gasteiger partial charge in [-0.3, -0.25) is 14.9 Å². The van der Waals surface area contributed by atoms with E-state index in [4.69, 9.17) is 4.74 Å². The molecule has 0 aromatic heterocycles. The number of carbonyl (C=O) groups is 1. The molecule has 1 atom stereocenters. The Hall–Kier alpha value is -2.94. The molecule has 0 spiro atoms. The summed E-state index contributed by atoms with van der Waals surface area (Å²) in [5.41, 5.74) is 1.38. The van der Waals surface area contributed by atoms with Gasteiger partial charge in [0, 0.05) is 11.8 Å². The smallest absolute Gasteiger partial charge is 0.311 e. The Labute approximate surface area is 157 Å². The lowest BCUT2D eigenvalue weighted by Crippen LogP contribution is -2.33. The molecule has 0 aliphatic heterocycles. The fraction of sp³-hybridized carbons (Fsp3) is 0.278. The topological polar surface area (TPSA) is 116 Å². The average molecular weight is 392 g/mol. The van der Waals surface area contributed by atoms with Crippen LogP contribution in [0.2, 0.25) is 0 Å². The van der Waals surface area contributed by atoms with Crippen molar-refractivity contribution >= 4 is 27.1 Å². The van der Waals surface area contributed by atoms with Crippen molar-refractivity contribution in [2.45, 2.75) is 24.9 Å². The van der Waals surface area contributed by atoms with Gasteiger partial charge in [0.05, 0.1) is 17.8 Å². The fourth-order valence-corrected chi connectivity index (χ4v) is 3.65. The Morgan fingerprint density at radius 2 is 1.85 bits per heavy atom. The molecule has 0 radical (unpaired) electrons. The number of aryl methyl sites for hydroxylation is 1. The normalized spacial score (nSPS) is 12.3. The molecule has 8 nitrogen and oxygen atoms in total. The van der Waals surface area contributed by atoms with Crippen LogP contribution in [0.3, 0.4) is 0 Å². The van der Waals surface area contributed by atoms with Crippen LogP contribution in [0, 0.1) is 17.0 Å². The van der Waals surface area contributed by atoms with Crippen LogP contribution in [0.4, 0.5) is 11.4 Å². The number of carbonyl (C=O) groups excluding carboxylic acids is 1. The van der Waals surface area contributed by atoms with Gasteiger partial charge in [0.15, 0.2) is 15.6 Å². The minimum absolute atomic E-state index is 0.0336. The molecule has 0 aliphatic rings.